The van der Waals surface area contributed by atoms with Crippen LogP contribution in [-0.4, -0.2) is 0 Å². The molecule has 23 heavy (non-hydrogen) atoms. The van der Waals surface area contributed by atoms with E-state index in [1.165, 1.54) is 12.1 Å². The average Bonchev–Trinajstić information content (AvgIpc) is 2.61. The van der Waals surface area contributed by atoms with E-state index >= 15 is 0 Å². The number of rotatable bonds is 2. The van der Waals surface area contributed by atoms with E-state index in [1.807, 2.05) is 24.3 Å². The Hall–Kier alpha value is -4.08. The van der Waals surface area contributed by atoms with E-state index in [-0.39, 0.29) is 0 Å². The van der Waals surface area contributed by atoms with E-state index in [0.29, 0.717) is 39.0 Å². The third kappa shape index (κ3) is 3.16. The van der Waals surface area contributed by atoms with Crippen molar-refractivity contribution >= 4 is 5.57 Å². The van der Waals surface area contributed by atoms with Crippen molar-refractivity contribution in [3.63, 3.8) is 0 Å². The Morgan fingerprint density at radius 3 is 1.13 bits per heavy atom. The van der Waals surface area contributed by atoms with Crippen LogP contribution in [0.15, 0.2) is 48.7 Å². The number of nitriles is 4. The van der Waals surface area contributed by atoms with Crippen molar-refractivity contribution in [3.05, 3.63) is 82.1 Å². The zero-order valence-electron chi connectivity index (χ0n) is 12.0. The maximum Gasteiger partial charge on any atom is 0.0992 e. The highest BCUT2D eigenvalue weighted by Crippen LogP contribution is 2.26. The molecule has 4 heteroatoms. The molecule has 0 spiro atoms. The van der Waals surface area contributed by atoms with Gasteiger partial charge in [0, 0.05) is 5.57 Å². The zero-order chi connectivity index (χ0) is 16.8. The smallest absolute Gasteiger partial charge is 0.0992 e. The highest BCUT2D eigenvalue weighted by molar-refractivity contribution is 5.81. The Bertz CT molecular complexity index is 869. The Kier molecular flexibility index (Phi) is 4.38. The third-order valence-corrected chi connectivity index (χ3v) is 3.14. The molecule has 0 aliphatic carbocycles. The average molecular weight is 292 g/mol. The van der Waals surface area contributed by atoms with Crippen LogP contribution in [0.4, 0.5) is 0 Å². The van der Waals surface area contributed by atoms with Crippen molar-refractivity contribution in [1.82, 2.24) is 0 Å². The molecule has 0 aliphatic heterocycles. The van der Waals surface area contributed by atoms with E-state index in [0.717, 1.165) is 0 Å². The standard InChI is InChI=1S/C19H8N4/c1-2-19(17-5-13(9-20)3-14(6-17)10-21)18-7-15(11-22)4-16(8-18)12-23/h3-8H,1H2. The first kappa shape index (κ1) is 15.3. The summed E-state index contributed by atoms with van der Waals surface area (Å²) in [6, 6.07) is 17.4. The van der Waals surface area contributed by atoms with E-state index in [1.54, 1.807) is 24.3 Å². The molecule has 0 fully saturated rings. The molecule has 0 bridgehead atoms. The molecular weight excluding hydrogens is 284 g/mol. The third-order valence-electron chi connectivity index (χ3n) is 3.14. The van der Waals surface area contributed by atoms with Crippen LogP contribution >= 0.6 is 0 Å². The Morgan fingerprint density at radius 2 is 0.913 bits per heavy atom. The van der Waals surface area contributed by atoms with Gasteiger partial charge in [-0.1, -0.05) is 6.58 Å². The Morgan fingerprint density at radius 1 is 0.609 bits per heavy atom. The predicted octanol–water partition coefficient (Wildman–Crippen LogP) is 3.39. The van der Waals surface area contributed by atoms with Crippen LogP contribution in [0.25, 0.3) is 5.57 Å². The summed E-state index contributed by atoms with van der Waals surface area (Å²) in [7, 11) is 0. The first-order valence-electron chi connectivity index (χ1n) is 6.46. The Labute approximate surface area is 133 Å². The highest BCUT2D eigenvalue weighted by atomic mass is 14.3. The van der Waals surface area contributed by atoms with Gasteiger partial charge >= 0.3 is 0 Å². The number of nitrogens with zero attached hydrogens (tertiary/aromatic N) is 4. The van der Waals surface area contributed by atoms with Gasteiger partial charge in [-0.25, -0.2) is 0 Å². The fourth-order valence-electron chi connectivity index (χ4n) is 2.17. The van der Waals surface area contributed by atoms with Gasteiger partial charge in [-0.15, -0.1) is 5.73 Å². The summed E-state index contributed by atoms with van der Waals surface area (Å²) in [5.74, 6) is 0. The first-order valence-corrected chi connectivity index (χ1v) is 6.46. The summed E-state index contributed by atoms with van der Waals surface area (Å²) in [6.07, 6.45) is 0. The lowest BCUT2D eigenvalue weighted by Gasteiger charge is -2.08. The largest absolute Gasteiger partial charge is 0.192 e. The molecule has 104 valence electrons. The maximum atomic E-state index is 9.08. The van der Waals surface area contributed by atoms with Crippen LogP contribution in [0.1, 0.15) is 33.4 Å². The van der Waals surface area contributed by atoms with Crippen molar-refractivity contribution in [3.8, 4) is 24.3 Å². The fraction of sp³-hybridized carbons (Fsp3) is 0. The van der Waals surface area contributed by atoms with Crippen LogP contribution in [0.2, 0.25) is 0 Å². The SMILES string of the molecule is C=C=C(c1cc(C#N)cc(C#N)c1)c1cc(C#N)cc(C#N)c1. The van der Waals surface area contributed by atoms with Gasteiger partial charge in [0.05, 0.1) is 46.5 Å². The van der Waals surface area contributed by atoms with Gasteiger partial charge in [0.1, 0.15) is 0 Å². The lowest BCUT2D eigenvalue weighted by Crippen LogP contribution is -1.93. The van der Waals surface area contributed by atoms with E-state index in [4.69, 9.17) is 21.0 Å². The van der Waals surface area contributed by atoms with Crippen molar-refractivity contribution in [2.45, 2.75) is 0 Å². The minimum Gasteiger partial charge on any atom is -0.192 e. The summed E-state index contributed by atoms with van der Waals surface area (Å²) in [4.78, 5) is 0. The second-order valence-electron chi connectivity index (χ2n) is 4.60. The van der Waals surface area contributed by atoms with Gasteiger partial charge in [-0.2, -0.15) is 21.0 Å². The van der Waals surface area contributed by atoms with Gasteiger partial charge < -0.3 is 0 Å². The number of hydrogen-bond donors (Lipinski definition) is 0. The molecule has 2 rings (SSSR count). The van der Waals surface area contributed by atoms with Crippen LogP contribution in [0.3, 0.4) is 0 Å². The number of hydrogen-bond acceptors (Lipinski definition) is 4. The normalized spacial score (nSPS) is 8.70. The summed E-state index contributed by atoms with van der Waals surface area (Å²) in [6.45, 7) is 3.64. The molecule has 0 aliphatic rings. The minimum atomic E-state index is 0.337. The second-order valence-corrected chi connectivity index (χ2v) is 4.60. The lowest BCUT2D eigenvalue weighted by molar-refractivity contribution is 1.41. The van der Waals surface area contributed by atoms with Gasteiger partial charge in [-0.05, 0) is 47.5 Å². The van der Waals surface area contributed by atoms with Crippen LogP contribution in [0.5, 0.6) is 0 Å². The summed E-state index contributed by atoms with van der Waals surface area (Å²) in [5.41, 5.74) is 5.79. The molecule has 0 atom stereocenters. The number of benzene rings is 2. The second kappa shape index (κ2) is 6.58. The summed E-state index contributed by atoms with van der Waals surface area (Å²) in [5, 5.41) is 36.3. The van der Waals surface area contributed by atoms with E-state index < -0.39 is 0 Å². The molecule has 4 nitrogen and oxygen atoms in total. The molecular formula is C19H8N4. The molecule has 0 saturated heterocycles. The Balaban J connectivity index is 2.71. The van der Waals surface area contributed by atoms with Gasteiger partial charge in [-0.3, -0.25) is 0 Å². The predicted molar refractivity (Wildman–Crippen MR) is 83.4 cm³/mol. The molecule has 2 aromatic carbocycles. The minimum absolute atomic E-state index is 0.337. The topological polar surface area (TPSA) is 95.2 Å². The van der Waals surface area contributed by atoms with Gasteiger partial charge in [0.15, 0.2) is 0 Å². The van der Waals surface area contributed by atoms with E-state index in [9.17, 15) is 0 Å². The van der Waals surface area contributed by atoms with Crippen LogP contribution < -0.4 is 0 Å². The van der Waals surface area contributed by atoms with Crippen molar-refractivity contribution in [1.29, 1.82) is 21.0 Å². The maximum absolute atomic E-state index is 9.08. The molecule has 0 heterocycles. The highest BCUT2D eigenvalue weighted by Gasteiger charge is 2.10. The molecule has 0 unspecified atom stereocenters. The lowest BCUT2D eigenvalue weighted by atomic mass is 9.93. The molecule has 0 radical (unpaired) electrons. The van der Waals surface area contributed by atoms with Crippen molar-refractivity contribution in [2.24, 2.45) is 0 Å². The van der Waals surface area contributed by atoms with Crippen molar-refractivity contribution in [2.75, 3.05) is 0 Å². The van der Waals surface area contributed by atoms with Gasteiger partial charge in [0.25, 0.3) is 0 Å². The van der Waals surface area contributed by atoms with Gasteiger partial charge in [0.2, 0.25) is 0 Å². The molecule has 0 aromatic heterocycles. The summed E-state index contributed by atoms with van der Waals surface area (Å²) < 4.78 is 0. The van der Waals surface area contributed by atoms with Crippen LogP contribution in [0, 0.1) is 45.3 Å². The first-order chi connectivity index (χ1) is 11.1. The summed E-state index contributed by atoms with van der Waals surface area (Å²) >= 11 is 0. The molecule has 2 aromatic rings. The molecule has 0 amide bonds. The quantitative estimate of drug-likeness (QED) is 0.792. The van der Waals surface area contributed by atoms with Crippen molar-refractivity contribution < 1.29 is 0 Å². The monoisotopic (exact) mass is 292 g/mol. The zero-order valence-corrected chi connectivity index (χ0v) is 12.0. The molecule has 0 N–H and O–H groups in total. The van der Waals surface area contributed by atoms with E-state index in [2.05, 4.69) is 12.3 Å². The fourth-order valence-corrected chi connectivity index (χ4v) is 2.17. The molecule has 0 saturated carbocycles. The van der Waals surface area contributed by atoms with Crippen LogP contribution in [-0.2, 0) is 0 Å².